The summed E-state index contributed by atoms with van der Waals surface area (Å²) in [4.78, 5) is 0. The third kappa shape index (κ3) is 7.51. The maximum atomic E-state index is 7.75. The van der Waals surface area contributed by atoms with Crippen LogP contribution in [0, 0.1) is 0 Å². The van der Waals surface area contributed by atoms with E-state index in [1.54, 1.807) is 21.3 Å². The molecule has 0 heterocycles. The first kappa shape index (κ1) is 29.3. The number of hydrogen-bond acceptors (Lipinski definition) is 7. The minimum absolute atomic E-state index is 0.0972. The van der Waals surface area contributed by atoms with Gasteiger partial charge in [0.2, 0.25) is 0 Å². The Morgan fingerprint density at radius 2 is 0.914 bits per heavy atom. The highest BCUT2D eigenvalue weighted by atomic mass is 28.5. The molecule has 3 N–H and O–H groups in total. The van der Waals surface area contributed by atoms with Gasteiger partial charge < -0.3 is 32.3 Å². The van der Waals surface area contributed by atoms with Crippen molar-refractivity contribution in [2.75, 3.05) is 34.5 Å². The Labute approximate surface area is 212 Å². The molecule has 3 aromatic rings. The van der Waals surface area contributed by atoms with E-state index in [9.17, 15) is 0 Å². The Kier molecular flexibility index (Phi) is 11.7. The van der Waals surface area contributed by atoms with Crippen LogP contribution in [-0.4, -0.2) is 65.5 Å². The molecule has 0 aromatic heterocycles. The molecule has 3 aromatic carbocycles. The number of nitrogens with two attached hydrogens (primary N) is 1. The molecule has 0 fully saturated rings. The number of benzene rings is 3. The van der Waals surface area contributed by atoms with E-state index in [1.807, 2.05) is 104 Å². The number of hydrogen-bond donors (Lipinski definition) is 2. The van der Waals surface area contributed by atoms with E-state index in [-0.39, 0.29) is 6.61 Å². The van der Waals surface area contributed by atoms with E-state index < -0.39 is 25.9 Å². The molecule has 0 radical (unpaired) electrons. The molecule has 0 aliphatic carbocycles. The van der Waals surface area contributed by atoms with Crippen LogP contribution in [0.2, 0.25) is 13.1 Å². The van der Waals surface area contributed by atoms with Crippen LogP contribution in [0.1, 0.15) is 0 Å². The molecule has 0 spiro atoms. The van der Waals surface area contributed by atoms with Gasteiger partial charge in [-0.2, -0.15) is 0 Å². The Morgan fingerprint density at radius 3 is 1.17 bits per heavy atom. The van der Waals surface area contributed by atoms with E-state index in [0.717, 1.165) is 15.6 Å². The Balaban J connectivity index is 0.00000100. The summed E-state index contributed by atoms with van der Waals surface area (Å²) < 4.78 is 32.0. The number of aliphatic hydroxyl groups excluding tert-OH is 1. The van der Waals surface area contributed by atoms with Crippen molar-refractivity contribution in [1.29, 1.82) is 0 Å². The second-order valence-electron chi connectivity index (χ2n) is 7.87. The minimum Gasteiger partial charge on any atom is -0.395 e. The molecule has 10 heteroatoms. The molecule has 0 aliphatic heterocycles. The molecule has 7 nitrogen and oxygen atoms in total. The van der Waals surface area contributed by atoms with Gasteiger partial charge in [0.25, 0.3) is 0 Å². The molecule has 190 valence electrons. The van der Waals surface area contributed by atoms with E-state index in [1.165, 1.54) is 0 Å². The smallest absolute Gasteiger partial charge is 0.395 e. The molecule has 0 bridgehead atoms. The van der Waals surface area contributed by atoms with Gasteiger partial charge in [-0.3, -0.25) is 0 Å². The van der Waals surface area contributed by atoms with Gasteiger partial charge in [-0.1, -0.05) is 91.0 Å². The van der Waals surface area contributed by atoms with Gasteiger partial charge in [0, 0.05) is 33.1 Å². The number of rotatable bonds is 11. The van der Waals surface area contributed by atoms with Crippen molar-refractivity contribution in [1.82, 2.24) is 0 Å². The molecule has 2 unspecified atom stereocenters. The molecule has 0 aliphatic rings. The minimum atomic E-state index is -3.45. The molecule has 35 heavy (non-hydrogen) atoms. The van der Waals surface area contributed by atoms with Gasteiger partial charge in [-0.15, -0.1) is 0 Å². The predicted octanol–water partition coefficient (Wildman–Crippen LogP) is 1.70. The van der Waals surface area contributed by atoms with Crippen molar-refractivity contribution in [2.45, 2.75) is 13.1 Å². The second kappa shape index (κ2) is 13.9. The summed E-state index contributed by atoms with van der Waals surface area (Å²) in [6.45, 7) is 4.51. The number of aliphatic hydroxyl groups is 1. The van der Waals surface area contributed by atoms with Crippen molar-refractivity contribution in [3.63, 3.8) is 0 Å². The largest absolute Gasteiger partial charge is 0.519 e. The van der Waals surface area contributed by atoms with E-state index in [0.29, 0.717) is 6.54 Å². The van der Waals surface area contributed by atoms with Crippen molar-refractivity contribution < 1.29 is 26.6 Å². The predicted molar refractivity (Wildman–Crippen MR) is 147 cm³/mol. The van der Waals surface area contributed by atoms with Crippen LogP contribution in [0.5, 0.6) is 0 Å². The summed E-state index contributed by atoms with van der Waals surface area (Å²) in [6.07, 6.45) is 0. The third-order valence-corrected chi connectivity index (χ3v) is 16.7. The lowest BCUT2D eigenvalue weighted by Gasteiger charge is -2.41. The Bertz CT molecular complexity index is 929. The normalized spacial score (nSPS) is 16.2. The fourth-order valence-electron chi connectivity index (χ4n) is 3.41. The summed E-state index contributed by atoms with van der Waals surface area (Å²) >= 11 is 0. The first-order valence-corrected chi connectivity index (χ1v) is 17.7. The zero-order chi connectivity index (χ0) is 25.8. The zero-order valence-corrected chi connectivity index (χ0v) is 24.1. The highest BCUT2D eigenvalue weighted by molar-refractivity contribution is 6.96. The summed E-state index contributed by atoms with van der Waals surface area (Å²) in [5, 5.41) is 10.6. The summed E-state index contributed by atoms with van der Waals surface area (Å²) in [5.41, 5.74) is 4.78. The van der Waals surface area contributed by atoms with Crippen LogP contribution in [0.15, 0.2) is 91.0 Å². The Morgan fingerprint density at radius 1 is 0.600 bits per heavy atom. The van der Waals surface area contributed by atoms with E-state index >= 15 is 0 Å². The first-order chi connectivity index (χ1) is 16.8. The first-order valence-electron chi connectivity index (χ1n) is 11.4. The van der Waals surface area contributed by atoms with Gasteiger partial charge in [-0.05, 0) is 23.5 Å². The van der Waals surface area contributed by atoms with Gasteiger partial charge in [0.15, 0.2) is 0 Å². The molecule has 0 saturated heterocycles. The molecular formula is C25H37NO6Si3. The highest BCUT2D eigenvalue weighted by Crippen LogP contribution is 2.23. The lowest BCUT2D eigenvalue weighted by Crippen LogP contribution is -2.71. The van der Waals surface area contributed by atoms with Crippen molar-refractivity contribution in [2.24, 2.45) is 5.73 Å². The molecule has 0 amide bonds. The molecule has 0 saturated carbocycles. The highest BCUT2D eigenvalue weighted by Gasteiger charge is 2.56. The summed E-state index contributed by atoms with van der Waals surface area (Å²) in [6, 6.07) is 29.9. The van der Waals surface area contributed by atoms with Gasteiger partial charge >= 0.3 is 25.9 Å². The van der Waals surface area contributed by atoms with Gasteiger partial charge in [0.05, 0.1) is 6.61 Å². The molecule has 3 rings (SSSR count). The SMILES string of the molecule is CO[Si](C)(O[Si](OC)(O[Si](C)(OC)c1ccccc1)c1ccccc1)c1ccccc1.NCCO. The van der Waals surface area contributed by atoms with Crippen LogP contribution in [-0.2, 0) is 21.5 Å². The molecular weight excluding hydrogens is 495 g/mol. The van der Waals surface area contributed by atoms with Gasteiger partial charge in [-0.25, -0.2) is 0 Å². The van der Waals surface area contributed by atoms with Crippen LogP contribution in [0.4, 0.5) is 0 Å². The van der Waals surface area contributed by atoms with Crippen LogP contribution in [0.25, 0.3) is 0 Å². The van der Waals surface area contributed by atoms with Crippen molar-refractivity contribution in [3.8, 4) is 0 Å². The monoisotopic (exact) mass is 531 g/mol. The topological polar surface area (TPSA) is 92.4 Å². The summed E-state index contributed by atoms with van der Waals surface area (Å²) in [5.74, 6) is 0. The van der Waals surface area contributed by atoms with Gasteiger partial charge in [0.1, 0.15) is 0 Å². The van der Waals surface area contributed by atoms with E-state index in [2.05, 4.69) is 0 Å². The fourth-order valence-corrected chi connectivity index (χ4v) is 14.2. The average molecular weight is 532 g/mol. The fraction of sp³-hybridized carbons (Fsp3) is 0.280. The quantitative estimate of drug-likeness (QED) is 0.364. The maximum Gasteiger partial charge on any atom is 0.519 e. The third-order valence-electron chi connectivity index (χ3n) is 5.56. The van der Waals surface area contributed by atoms with Crippen molar-refractivity contribution in [3.05, 3.63) is 91.0 Å². The van der Waals surface area contributed by atoms with Crippen LogP contribution in [0.3, 0.4) is 0 Å². The molecule has 2 atom stereocenters. The van der Waals surface area contributed by atoms with Crippen LogP contribution >= 0.6 is 0 Å². The Hall–Kier alpha value is -1.97. The lowest BCUT2D eigenvalue weighted by molar-refractivity contribution is 0.169. The van der Waals surface area contributed by atoms with Crippen LogP contribution < -0.4 is 21.3 Å². The second-order valence-corrected chi connectivity index (χ2v) is 17.4. The lowest BCUT2D eigenvalue weighted by atomic mass is 10.4. The average Bonchev–Trinajstić information content (AvgIpc) is 2.94. The standard InChI is InChI=1S/C23H30O5Si3.C2H7NO/c1-24-29(4,21-15-9-6-10-16-21)27-31(26-3,23-19-13-8-14-20-23)28-30(5,25-2)22-17-11-7-12-18-22;3-1-2-4/h6-20H,1-5H3;4H,1-3H2. The van der Waals surface area contributed by atoms with Crippen molar-refractivity contribution >= 4 is 41.5 Å². The summed E-state index contributed by atoms with van der Waals surface area (Å²) in [7, 11) is -4.19. The maximum absolute atomic E-state index is 7.75. The van der Waals surface area contributed by atoms with E-state index in [4.69, 9.17) is 32.3 Å². The zero-order valence-electron chi connectivity index (χ0n) is 21.1.